The fourth-order valence-corrected chi connectivity index (χ4v) is 1.33. The second-order valence-electron chi connectivity index (χ2n) is 3.64. The molecular formula is C10H17N3O2. The van der Waals surface area contributed by atoms with Gasteiger partial charge in [-0.25, -0.2) is 0 Å². The average molecular weight is 211 g/mol. The number of aromatic nitrogens is 2. The van der Waals surface area contributed by atoms with Crippen molar-refractivity contribution < 1.29 is 9.53 Å². The van der Waals surface area contributed by atoms with Crippen LogP contribution in [0.5, 0.6) is 0 Å². The van der Waals surface area contributed by atoms with Crippen molar-refractivity contribution in [1.82, 2.24) is 14.7 Å². The highest BCUT2D eigenvalue weighted by molar-refractivity contribution is 5.75. The van der Waals surface area contributed by atoms with Gasteiger partial charge in [0.25, 0.3) is 0 Å². The standard InChI is InChI=1S/C10H17N3O2/c1-8(10(14)15-4)12(2)6-9-5-11-13(3)7-9/h5,7-8H,6H2,1-4H3. The topological polar surface area (TPSA) is 47.4 Å². The van der Waals surface area contributed by atoms with E-state index in [-0.39, 0.29) is 12.0 Å². The molecule has 0 saturated carbocycles. The van der Waals surface area contributed by atoms with E-state index in [0.29, 0.717) is 6.54 Å². The lowest BCUT2D eigenvalue weighted by Gasteiger charge is -2.21. The molecule has 0 fully saturated rings. The van der Waals surface area contributed by atoms with Gasteiger partial charge in [-0.3, -0.25) is 14.4 Å². The van der Waals surface area contributed by atoms with E-state index in [4.69, 9.17) is 0 Å². The van der Waals surface area contributed by atoms with Crippen LogP contribution in [0.1, 0.15) is 12.5 Å². The molecule has 0 aromatic carbocycles. The highest BCUT2D eigenvalue weighted by Gasteiger charge is 2.18. The fraction of sp³-hybridized carbons (Fsp3) is 0.600. The van der Waals surface area contributed by atoms with E-state index < -0.39 is 0 Å². The summed E-state index contributed by atoms with van der Waals surface area (Å²) >= 11 is 0. The molecule has 0 bridgehead atoms. The van der Waals surface area contributed by atoms with Gasteiger partial charge in [0.2, 0.25) is 0 Å². The van der Waals surface area contributed by atoms with Crippen LogP contribution in [0.2, 0.25) is 0 Å². The predicted octanol–water partition coefficient (Wildman–Crippen LogP) is 0.413. The summed E-state index contributed by atoms with van der Waals surface area (Å²) in [5.41, 5.74) is 1.08. The summed E-state index contributed by atoms with van der Waals surface area (Å²) in [4.78, 5) is 13.2. The van der Waals surface area contributed by atoms with Crippen molar-refractivity contribution in [2.45, 2.75) is 19.5 Å². The summed E-state index contributed by atoms with van der Waals surface area (Å²) in [6.45, 7) is 2.51. The van der Waals surface area contributed by atoms with Crippen LogP contribution in [0.4, 0.5) is 0 Å². The summed E-state index contributed by atoms with van der Waals surface area (Å²) in [7, 11) is 5.15. The molecule has 0 radical (unpaired) electrons. The van der Waals surface area contributed by atoms with Crippen molar-refractivity contribution in [2.24, 2.45) is 7.05 Å². The maximum Gasteiger partial charge on any atom is 0.322 e. The van der Waals surface area contributed by atoms with Crippen molar-refractivity contribution in [3.05, 3.63) is 18.0 Å². The molecule has 0 aliphatic heterocycles. The fourth-order valence-electron chi connectivity index (χ4n) is 1.33. The van der Waals surface area contributed by atoms with Gasteiger partial charge in [0, 0.05) is 25.4 Å². The number of rotatable bonds is 4. The third-order valence-electron chi connectivity index (χ3n) is 2.39. The van der Waals surface area contributed by atoms with Gasteiger partial charge < -0.3 is 4.74 Å². The highest BCUT2D eigenvalue weighted by atomic mass is 16.5. The first-order valence-electron chi connectivity index (χ1n) is 4.80. The van der Waals surface area contributed by atoms with E-state index in [2.05, 4.69) is 9.84 Å². The minimum Gasteiger partial charge on any atom is -0.468 e. The summed E-state index contributed by atoms with van der Waals surface area (Å²) in [6.07, 6.45) is 3.72. The normalized spacial score (nSPS) is 12.9. The number of nitrogens with zero attached hydrogens (tertiary/aromatic N) is 3. The van der Waals surface area contributed by atoms with Gasteiger partial charge in [-0.05, 0) is 14.0 Å². The lowest BCUT2D eigenvalue weighted by Crippen LogP contribution is -2.36. The Morgan fingerprint density at radius 1 is 1.73 bits per heavy atom. The first kappa shape index (κ1) is 11.7. The zero-order valence-electron chi connectivity index (χ0n) is 9.60. The molecule has 0 aliphatic carbocycles. The number of likely N-dealkylation sites (N-methyl/N-ethyl adjacent to an activating group) is 1. The van der Waals surface area contributed by atoms with Crippen LogP contribution in [0.25, 0.3) is 0 Å². The molecule has 5 heteroatoms. The van der Waals surface area contributed by atoms with Gasteiger partial charge in [0.1, 0.15) is 6.04 Å². The van der Waals surface area contributed by atoms with E-state index in [9.17, 15) is 4.79 Å². The van der Waals surface area contributed by atoms with Crippen LogP contribution in [-0.4, -0.2) is 40.8 Å². The third-order valence-corrected chi connectivity index (χ3v) is 2.39. The lowest BCUT2D eigenvalue weighted by atomic mass is 10.2. The molecule has 0 saturated heterocycles. The molecule has 0 spiro atoms. The molecule has 0 amide bonds. The van der Waals surface area contributed by atoms with Crippen LogP contribution in [-0.2, 0) is 23.1 Å². The van der Waals surface area contributed by atoms with Crippen LogP contribution >= 0.6 is 0 Å². The summed E-state index contributed by atoms with van der Waals surface area (Å²) in [5.74, 6) is -0.221. The molecule has 1 heterocycles. The number of esters is 1. The minimum atomic E-state index is -0.241. The molecule has 1 aromatic heterocycles. The van der Waals surface area contributed by atoms with Gasteiger partial charge >= 0.3 is 5.97 Å². The first-order chi connectivity index (χ1) is 7.04. The minimum absolute atomic E-state index is 0.221. The van der Waals surface area contributed by atoms with E-state index in [1.807, 2.05) is 32.1 Å². The Bertz CT molecular complexity index is 335. The first-order valence-corrected chi connectivity index (χ1v) is 4.80. The molecule has 84 valence electrons. The number of aryl methyl sites for hydroxylation is 1. The zero-order chi connectivity index (χ0) is 11.4. The molecule has 1 unspecified atom stereocenters. The van der Waals surface area contributed by atoms with Gasteiger partial charge in [-0.15, -0.1) is 0 Å². The average Bonchev–Trinajstić information content (AvgIpc) is 2.61. The third kappa shape index (κ3) is 3.06. The van der Waals surface area contributed by atoms with Crippen molar-refractivity contribution in [3.63, 3.8) is 0 Å². The Morgan fingerprint density at radius 3 is 2.87 bits per heavy atom. The number of hydrogen-bond acceptors (Lipinski definition) is 4. The van der Waals surface area contributed by atoms with Crippen molar-refractivity contribution in [2.75, 3.05) is 14.2 Å². The quantitative estimate of drug-likeness (QED) is 0.677. The van der Waals surface area contributed by atoms with Crippen molar-refractivity contribution >= 4 is 5.97 Å². The van der Waals surface area contributed by atoms with Gasteiger partial charge in [-0.2, -0.15) is 5.10 Å². The van der Waals surface area contributed by atoms with Crippen LogP contribution in [0, 0.1) is 0 Å². The highest BCUT2D eigenvalue weighted by Crippen LogP contribution is 2.05. The largest absolute Gasteiger partial charge is 0.468 e. The Labute approximate surface area is 89.6 Å². The van der Waals surface area contributed by atoms with E-state index in [1.54, 1.807) is 10.9 Å². The maximum atomic E-state index is 11.3. The molecule has 1 atom stereocenters. The summed E-state index contributed by atoms with van der Waals surface area (Å²) in [6, 6.07) is -0.241. The second kappa shape index (κ2) is 4.93. The van der Waals surface area contributed by atoms with Gasteiger partial charge in [0.15, 0.2) is 0 Å². The summed E-state index contributed by atoms with van der Waals surface area (Å²) in [5, 5.41) is 4.07. The molecule has 5 nitrogen and oxygen atoms in total. The van der Waals surface area contributed by atoms with Crippen LogP contribution < -0.4 is 0 Å². The molecular weight excluding hydrogens is 194 g/mol. The Balaban J connectivity index is 2.55. The van der Waals surface area contributed by atoms with Crippen molar-refractivity contribution in [1.29, 1.82) is 0 Å². The van der Waals surface area contributed by atoms with E-state index in [0.717, 1.165) is 5.56 Å². The number of ether oxygens (including phenoxy) is 1. The van der Waals surface area contributed by atoms with Crippen molar-refractivity contribution in [3.8, 4) is 0 Å². The molecule has 1 aromatic rings. The molecule has 0 N–H and O–H groups in total. The SMILES string of the molecule is COC(=O)C(C)N(C)Cc1cnn(C)c1. The van der Waals surface area contributed by atoms with Gasteiger partial charge in [-0.1, -0.05) is 0 Å². The molecule has 0 aliphatic rings. The lowest BCUT2D eigenvalue weighted by molar-refractivity contribution is -0.145. The van der Waals surface area contributed by atoms with Crippen LogP contribution in [0.3, 0.4) is 0 Å². The second-order valence-corrected chi connectivity index (χ2v) is 3.64. The predicted molar refractivity (Wildman–Crippen MR) is 56.2 cm³/mol. The number of carbonyl (C=O) groups is 1. The Kier molecular flexibility index (Phi) is 3.85. The van der Waals surface area contributed by atoms with Gasteiger partial charge in [0.05, 0.1) is 13.3 Å². The molecule has 15 heavy (non-hydrogen) atoms. The Morgan fingerprint density at radius 2 is 2.40 bits per heavy atom. The van der Waals surface area contributed by atoms with E-state index in [1.165, 1.54) is 7.11 Å². The smallest absolute Gasteiger partial charge is 0.322 e. The molecule has 1 rings (SSSR count). The Hall–Kier alpha value is -1.36. The number of carbonyl (C=O) groups excluding carboxylic acids is 1. The maximum absolute atomic E-state index is 11.3. The number of hydrogen-bond donors (Lipinski definition) is 0. The zero-order valence-corrected chi connectivity index (χ0v) is 9.60. The number of methoxy groups -OCH3 is 1. The monoisotopic (exact) mass is 211 g/mol. The van der Waals surface area contributed by atoms with Crippen LogP contribution in [0.15, 0.2) is 12.4 Å². The summed E-state index contributed by atoms with van der Waals surface area (Å²) < 4.78 is 6.42. The van der Waals surface area contributed by atoms with E-state index >= 15 is 0 Å².